The van der Waals surface area contributed by atoms with Gasteiger partial charge in [-0.1, -0.05) is 6.92 Å². The number of carbonyl (C=O) groups is 1. The standard InChI is InChI=1S/C7H9Cl3O2/c1-6(2-3-8)4(5(11)12)7(6,9)10/h4H,2-3H2,1H3,(H,11,12). The molecule has 0 saturated heterocycles. The van der Waals surface area contributed by atoms with Crippen LogP contribution in [0.15, 0.2) is 0 Å². The van der Waals surface area contributed by atoms with Gasteiger partial charge in [0.15, 0.2) is 0 Å². The third-order valence-corrected chi connectivity index (χ3v) is 4.03. The molecule has 0 heterocycles. The van der Waals surface area contributed by atoms with Crippen LogP contribution in [-0.4, -0.2) is 21.3 Å². The molecular weight excluding hydrogens is 222 g/mol. The van der Waals surface area contributed by atoms with E-state index in [1.807, 2.05) is 0 Å². The predicted octanol–water partition coefficient (Wildman–Crippen LogP) is 2.51. The summed E-state index contributed by atoms with van der Waals surface area (Å²) in [7, 11) is 0. The monoisotopic (exact) mass is 230 g/mol. The summed E-state index contributed by atoms with van der Waals surface area (Å²) in [5.41, 5.74) is -0.566. The molecule has 0 aromatic heterocycles. The second-order valence-electron chi connectivity index (χ2n) is 3.25. The highest BCUT2D eigenvalue weighted by Gasteiger charge is 2.76. The van der Waals surface area contributed by atoms with Crippen LogP contribution in [0, 0.1) is 11.3 Å². The van der Waals surface area contributed by atoms with Crippen molar-refractivity contribution in [3.05, 3.63) is 0 Å². The zero-order chi connectivity index (χ0) is 9.57. The summed E-state index contributed by atoms with van der Waals surface area (Å²) >= 11 is 17.1. The van der Waals surface area contributed by atoms with Gasteiger partial charge < -0.3 is 5.11 Å². The molecule has 0 aromatic rings. The van der Waals surface area contributed by atoms with E-state index >= 15 is 0 Å². The highest BCUT2D eigenvalue weighted by molar-refractivity contribution is 6.53. The molecule has 0 radical (unpaired) electrons. The number of hydrogen-bond acceptors (Lipinski definition) is 1. The van der Waals surface area contributed by atoms with E-state index in [4.69, 9.17) is 39.9 Å². The van der Waals surface area contributed by atoms with E-state index in [2.05, 4.69) is 0 Å². The van der Waals surface area contributed by atoms with Gasteiger partial charge in [-0.05, 0) is 6.42 Å². The average Bonchev–Trinajstić information content (AvgIpc) is 2.26. The molecule has 0 aliphatic heterocycles. The quantitative estimate of drug-likeness (QED) is 0.758. The second-order valence-corrected chi connectivity index (χ2v) is 5.01. The summed E-state index contributed by atoms with van der Waals surface area (Å²) < 4.78 is -1.15. The molecule has 5 heteroatoms. The van der Waals surface area contributed by atoms with Crippen molar-refractivity contribution in [2.45, 2.75) is 17.7 Å². The minimum Gasteiger partial charge on any atom is -0.481 e. The summed E-state index contributed by atoms with van der Waals surface area (Å²) in [6.07, 6.45) is 0.526. The van der Waals surface area contributed by atoms with Crippen LogP contribution in [0.5, 0.6) is 0 Å². The van der Waals surface area contributed by atoms with Gasteiger partial charge in [-0.25, -0.2) is 0 Å². The van der Waals surface area contributed by atoms with E-state index in [0.29, 0.717) is 12.3 Å². The Morgan fingerprint density at radius 2 is 2.08 bits per heavy atom. The Labute approximate surface area is 85.8 Å². The van der Waals surface area contributed by atoms with Gasteiger partial charge in [0, 0.05) is 11.3 Å². The van der Waals surface area contributed by atoms with Gasteiger partial charge in [0.05, 0.1) is 5.92 Å². The van der Waals surface area contributed by atoms with Crippen molar-refractivity contribution >= 4 is 40.8 Å². The Balaban J connectivity index is 2.76. The molecule has 2 atom stereocenters. The smallest absolute Gasteiger partial charge is 0.310 e. The normalized spacial score (nSPS) is 37.8. The number of aliphatic carboxylic acids is 1. The van der Waals surface area contributed by atoms with E-state index in [9.17, 15) is 4.79 Å². The summed E-state index contributed by atoms with van der Waals surface area (Å²) in [4.78, 5) is 10.7. The SMILES string of the molecule is CC1(CCCl)C(C(=O)O)C1(Cl)Cl. The summed E-state index contributed by atoms with van der Waals surface area (Å²) in [6, 6.07) is 0. The molecule has 1 saturated carbocycles. The summed E-state index contributed by atoms with van der Waals surface area (Å²) in [5, 5.41) is 8.74. The van der Waals surface area contributed by atoms with Crippen LogP contribution in [0.25, 0.3) is 0 Å². The van der Waals surface area contributed by atoms with E-state index < -0.39 is 21.6 Å². The topological polar surface area (TPSA) is 37.3 Å². The van der Waals surface area contributed by atoms with Gasteiger partial charge in [-0.15, -0.1) is 34.8 Å². The van der Waals surface area contributed by atoms with Gasteiger partial charge in [0.1, 0.15) is 4.33 Å². The van der Waals surface area contributed by atoms with E-state index in [0.717, 1.165) is 0 Å². The highest BCUT2D eigenvalue weighted by Crippen LogP contribution is 2.70. The van der Waals surface area contributed by atoms with Gasteiger partial charge in [0.25, 0.3) is 0 Å². The van der Waals surface area contributed by atoms with Gasteiger partial charge >= 0.3 is 5.97 Å². The van der Waals surface area contributed by atoms with Crippen LogP contribution in [0.3, 0.4) is 0 Å². The lowest BCUT2D eigenvalue weighted by atomic mass is 10.0. The van der Waals surface area contributed by atoms with E-state index in [1.165, 1.54) is 0 Å². The highest BCUT2D eigenvalue weighted by atomic mass is 35.5. The lowest BCUT2D eigenvalue weighted by Gasteiger charge is -2.07. The van der Waals surface area contributed by atoms with Crippen molar-refractivity contribution in [3.8, 4) is 0 Å². The summed E-state index contributed by atoms with van der Waals surface area (Å²) in [5.74, 6) is -1.26. The molecular formula is C7H9Cl3O2. The van der Waals surface area contributed by atoms with Gasteiger partial charge in [-0.3, -0.25) is 4.79 Å². The first-order chi connectivity index (χ1) is 5.38. The second kappa shape index (κ2) is 2.93. The van der Waals surface area contributed by atoms with Crippen molar-refractivity contribution < 1.29 is 9.90 Å². The largest absolute Gasteiger partial charge is 0.481 e. The van der Waals surface area contributed by atoms with Crippen LogP contribution >= 0.6 is 34.8 Å². The zero-order valence-electron chi connectivity index (χ0n) is 6.48. The maximum absolute atomic E-state index is 10.7. The third-order valence-electron chi connectivity index (χ3n) is 2.54. The molecule has 1 aliphatic rings. The molecule has 2 nitrogen and oxygen atoms in total. The van der Waals surface area contributed by atoms with Crippen molar-refractivity contribution in [1.82, 2.24) is 0 Å². The van der Waals surface area contributed by atoms with Crippen LogP contribution in [0.2, 0.25) is 0 Å². The van der Waals surface area contributed by atoms with E-state index in [1.54, 1.807) is 6.92 Å². The first-order valence-electron chi connectivity index (χ1n) is 3.54. The Morgan fingerprint density at radius 3 is 2.33 bits per heavy atom. The fourth-order valence-corrected chi connectivity index (χ4v) is 2.88. The number of halogens is 3. The van der Waals surface area contributed by atoms with Crippen LogP contribution < -0.4 is 0 Å². The molecule has 1 aliphatic carbocycles. The number of carboxylic acids is 1. The van der Waals surface area contributed by atoms with Crippen molar-refractivity contribution in [2.75, 3.05) is 5.88 Å². The average molecular weight is 232 g/mol. The fourth-order valence-electron chi connectivity index (χ4n) is 1.52. The Bertz CT molecular complexity index is 217. The lowest BCUT2D eigenvalue weighted by Crippen LogP contribution is -2.07. The molecule has 0 amide bonds. The zero-order valence-corrected chi connectivity index (χ0v) is 8.75. The minimum absolute atomic E-state index is 0.376. The van der Waals surface area contributed by atoms with Crippen molar-refractivity contribution in [3.63, 3.8) is 0 Å². The molecule has 2 unspecified atom stereocenters. The molecule has 70 valence electrons. The Morgan fingerprint density at radius 1 is 1.58 bits per heavy atom. The number of rotatable bonds is 3. The maximum atomic E-state index is 10.7. The number of carboxylic acid groups (broad SMARTS) is 1. The molecule has 12 heavy (non-hydrogen) atoms. The molecule has 0 aromatic carbocycles. The maximum Gasteiger partial charge on any atom is 0.310 e. The minimum atomic E-state index is -1.15. The molecule has 0 spiro atoms. The van der Waals surface area contributed by atoms with E-state index in [-0.39, 0.29) is 0 Å². The fraction of sp³-hybridized carbons (Fsp3) is 0.857. The van der Waals surface area contributed by atoms with Crippen molar-refractivity contribution in [2.24, 2.45) is 11.3 Å². The van der Waals surface area contributed by atoms with Crippen molar-refractivity contribution in [1.29, 1.82) is 0 Å². The Hall–Kier alpha value is 0.340. The Kier molecular flexibility index (Phi) is 2.54. The molecule has 1 N–H and O–H groups in total. The van der Waals surface area contributed by atoms with Gasteiger partial charge in [0.2, 0.25) is 0 Å². The van der Waals surface area contributed by atoms with Crippen LogP contribution in [-0.2, 0) is 4.79 Å². The molecule has 0 bridgehead atoms. The summed E-state index contributed by atoms with van der Waals surface area (Å²) in [6.45, 7) is 1.74. The molecule has 1 fully saturated rings. The lowest BCUT2D eigenvalue weighted by molar-refractivity contribution is -0.139. The van der Waals surface area contributed by atoms with Crippen LogP contribution in [0.4, 0.5) is 0 Å². The number of hydrogen-bond donors (Lipinski definition) is 1. The van der Waals surface area contributed by atoms with Crippen LogP contribution in [0.1, 0.15) is 13.3 Å². The third kappa shape index (κ3) is 1.21. The predicted molar refractivity (Wildman–Crippen MR) is 49.0 cm³/mol. The first kappa shape index (κ1) is 10.4. The van der Waals surface area contributed by atoms with Gasteiger partial charge in [-0.2, -0.15) is 0 Å². The molecule has 1 rings (SSSR count). The first-order valence-corrected chi connectivity index (χ1v) is 4.83. The number of alkyl halides is 3.